The summed E-state index contributed by atoms with van der Waals surface area (Å²) in [6, 6.07) is 14.8. The van der Waals surface area contributed by atoms with Gasteiger partial charge in [-0.05, 0) is 72.9 Å². The van der Waals surface area contributed by atoms with Crippen LogP contribution < -0.4 is 5.73 Å². The second-order valence-corrected chi connectivity index (χ2v) is 9.68. The lowest BCUT2D eigenvalue weighted by Gasteiger charge is -2.33. The summed E-state index contributed by atoms with van der Waals surface area (Å²) in [7, 11) is 0. The third-order valence-electron chi connectivity index (χ3n) is 6.72. The average Bonchev–Trinajstić information content (AvgIpc) is 2.90. The minimum atomic E-state index is -4.60. The van der Waals surface area contributed by atoms with E-state index < -0.39 is 41.6 Å². The van der Waals surface area contributed by atoms with Gasteiger partial charge < -0.3 is 15.9 Å². The summed E-state index contributed by atoms with van der Waals surface area (Å²) in [5, 5.41) is 21.7. The van der Waals surface area contributed by atoms with Gasteiger partial charge >= 0.3 is 12.4 Å². The van der Waals surface area contributed by atoms with Crippen molar-refractivity contribution in [3.05, 3.63) is 106 Å². The third kappa shape index (κ3) is 8.54. The van der Waals surface area contributed by atoms with Crippen molar-refractivity contribution in [3.8, 4) is 0 Å². The van der Waals surface area contributed by atoms with Crippen molar-refractivity contribution in [2.24, 2.45) is 5.73 Å². The number of primary amides is 1. The molecule has 0 heterocycles. The van der Waals surface area contributed by atoms with Crippen molar-refractivity contribution in [1.29, 1.82) is 0 Å². The highest BCUT2D eigenvalue weighted by atomic mass is 19.4. The number of hydrogen-bond donors (Lipinski definition) is 3. The molecule has 5 nitrogen and oxygen atoms in total. The van der Waals surface area contributed by atoms with Gasteiger partial charge in [0.1, 0.15) is 0 Å². The molecule has 11 heteroatoms. The normalized spacial score (nSPS) is 14.7. The maximum atomic E-state index is 13.2. The van der Waals surface area contributed by atoms with Crippen LogP contribution in [0.25, 0.3) is 0 Å². The number of nitrogens with two attached hydrogens (primary N) is 1. The maximum absolute atomic E-state index is 13.2. The predicted octanol–water partition coefficient (Wildman–Crippen LogP) is 5.91. The van der Waals surface area contributed by atoms with E-state index in [4.69, 9.17) is 5.73 Å². The second kappa shape index (κ2) is 12.8. The summed E-state index contributed by atoms with van der Waals surface area (Å²) in [6.07, 6.45) is -11.0. The minimum absolute atomic E-state index is 0.0163. The Bertz CT molecular complexity index is 1210. The number of alkyl halides is 6. The molecule has 3 rings (SSSR count). The molecule has 3 aromatic rings. The first-order chi connectivity index (χ1) is 18.6. The Hall–Kier alpha value is -3.41. The van der Waals surface area contributed by atoms with Gasteiger partial charge in [0.15, 0.2) is 0 Å². The first-order valence-electron chi connectivity index (χ1n) is 12.5. The van der Waals surface area contributed by atoms with Crippen LogP contribution in [-0.4, -0.2) is 40.2 Å². The van der Waals surface area contributed by atoms with Crippen LogP contribution in [0.1, 0.15) is 63.7 Å². The van der Waals surface area contributed by atoms with Crippen LogP contribution >= 0.6 is 0 Å². The molecule has 216 valence electrons. The number of aliphatic hydroxyl groups excluding tert-OH is 2. The lowest BCUT2D eigenvalue weighted by atomic mass is 10.00. The van der Waals surface area contributed by atoms with Crippen LogP contribution in [0.15, 0.2) is 72.8 Å². The zero-order valence-corrected chi connectivity index (χ0v) is 21.6. The van der Waals surface area contributed by atoms with Crippen molar-refractivity contribution in [1.82, 2.24) is 4.90 Å². The van der Waals surface area contributed by atoms with E-state index in [2.05, 4.69) is 0 Å². The Morgan fingerprint density at radius 1 is 0.800 bits per heavy atom. The highest BCUT2D eigenvalue weighted by molar-refractivity contribution is 5.92. The van der Waals surface area contributed by atoms with Gasteiger partial charge in [0.05, 0.1) is 23.3 Å². The molecule has 40 heavy (non-hydrogen) atoms. The van der Waals surface area contributed by atoms with Gasteiger partial charge in [-0.15, -0.1) is 0 Å². The number of halogens is 6. The summed E-state index contributed by atoms with van der Waals surface area (Å²) >= 11 is 0. The van der Waals surface area contributed by atoms with E-state index in [9.17, 15) is 41.4 Å². The van der Waals surface area contributed by atoms with E-state index in [1.165, 1.54) is 24.3 Å². The highest BCUT2D eigenvalue weighted by Crippen LogP contribution is 2.33. The van der Waals surface area contributed by atoms with Gasteiger partial charge in [0.25, 0.3) is 0 Å². The van der Waals surface area contributed by atoms with Gasteiger partial charge in [-0.3, -0.25) is 9.69 Å². The van der Waals surface area contributed by atoms with Gasteiger partial charge in [-0.2, -0.15) is 26.3 Å². The molecule has 0 aliphatic rings. The fraction of sp³-hybridized carbons (Fsp3) is 0.345. The molecule has 0 bridgehead atoms. The van der Waals surface area contributed by atoms with Crippen molar-refractivity contribution in [3.63, 3.8) is 0 Å². The molecule has 0 aromatic heterocycles. The number of aliphatic hydroxyl groups is 2. The number of nitrogens with zero attached hydrogens (tertiary/aromatic N) is 1. The fourth-order valence-electron chi connectivity index (χ4n) is 4.33. The van der Waals surface area contributed by atoms with Crippen molar-refractivity contribution in [2.75, 3.05) is 13.1 Å². The quantitative estimate of drug-likeness (QED) is 0.251. The monoisotopic (exact) mass is 568 g/mol. The molecule has 3 aromatic carbocycles. The number of amides is 1. The van der Waals surface area contributed by atoms with E-state index in [-0.39, 0.29) is 30.3 Å². The number of carbonyl (C=O) groups is 1. The number of hydrogen-bond acceptors (Lipinski definition) is 4. The molecule has 0 aliphatic heterocycles. The zero-order valence-electron chi connectivity index (χ0n) is 21.6. The van der Waals surface area contributed by atoms with Gasteiger partial charge in [-0.25, -0.2) is 0 Å². The SMILES string of the molecule is CC(CCc1ccc(C(N)=O)cc1)N(CC(O)c1cccc(C(F)(F)F)c1)C[C@H](O)c1cccc(C(F)(F)F)c1. The molecule has 2 unspecified atom stereocenters. The molecule has 0 radical (unpaired) electrons. The fourth-order valence-corrected chi connectivity index (χ4v) is 4.33. The predicted molar refractivity (Wildman–Crippen MR) is 137 cm³/mol. The Morgan fingerprint density at radius 3 is 1.65 bits per heavy atom. The molecule has 3 atom stereocenters. The van der Waals surface area contributed by atoms with Gasteiger partial charge in [-0.1, -0.05) is 36.4 Å². The van der Waals surface area contributed by atoms with E-state index in [1.807, 2.05) is 0 Å². The number of aryl methyl sites for hydroxylation is 1. The number of carbonyl (C=O) groups excluding carboxylic acids is 1. The first-order valence-corrected chi connectivity index (χ1v) is 12.5. The molecule has 0 saturated carbocycles. The van der Waals surface area contributed by atoms with Crippen LogP contribution in [0.3, 0.4) is 0 Å². The average molecular weight is 569 g/mol. The Balaban J connectivity index is 1.81. The molecule has 0 spiro atoms. The van der Waals surface area contributed by atoms with Crippen LogP contribution in [0, 0.1) is 0 Å². The Kier molecular flexibility index (Phi) is 9.99. The summed E-state index contributed by atoms with van der Waals surface area (Å²) in [5.41, 5.74) is 4.66. The van der Waals surface area contributed by atoms with Crippen molar-refractivity contribution < 1.29 is 41.4 Å². The second-order valence-electron chi connectivity index (χ2n) is 9.68. The molecule has 0 aliphatic carbocycles. The maximum Gasteiger partial charge on any atom is 0.416 e. The number of rotatable bonds is 11. The smallest absolute Gasteiger partial charge is 0.387 e. The molecule has 4 N–H and O–H groups in total. The van der Waals surface area contributed by atoms with Gasteiger partial charge in [0.2, 0.25) is 5.91 Å². The van der Waals surface area contributed by atoms with Crippen LogP contribution in [0.5, 0.6) is 0 Å². The summed E-state index contributed by atoms with van der Waals surface area (Å²) in [4.78, 5) is 12.9. The highest BCUT2D eigenvalue weighted by Gasteiger charge is 2.32. The molecule has 0 saturated heterocycles. The summed E-state index contributed by atoms with van der Waals surface area (Å²) in [5.74, 6) is -0.571. The standard InChI is InChI=1S/C29H30F6N2O3/c1-18(8-9-19-10-12-20(13-11-19)27(36)40)37(16-25(38)21-4-2-6-23(14-21)28(30,31)32)17-26(39)22-5-3-7-24(15-22)29(33,34)35/h2-7,10-15,18,25-26,38-39H,8-9,16-17H2,1H3,(H2,36,40)/t18?,25-,26?/m0/s1. The van der Waals surface area contributed by atoms with E-state index >= 15 is 0 Å². The minimum Gasteiger partial charge on any atom is -0.387 e. The van der Waals surface area contributed by atoms with Crippen molar-refractivity contribution >= 4 is 5.91 Å². The van der Waals surface area contributed by atoms with Crippen molar-refractivity contribution in [2.45, 2.75) is 50.4 Å². The molecular formula is C29H30F6N2O3. The largest absolute Gasteiger partial charge is 0.416 e. The Labute approximate surface area is 227 Å². The zero-order chi connectivity index (χ0) is 29.7. The van der Waals surface area contributed by atoms with Crippen LogP contribution in [0.4, 0.5) is 26.3 Å². The van der Waals surface area contributed by atoms with Gasteiger partial charge in [0, 0.05) is 24.7 Å². The van der Waals surface area contributed by atoms with E-state index in [0.717, 1.165) is 29.8 Å². The summed E-state index contributed by atoms with van der Waals surface area (Å²) < 4.78 is 79.2. The third-order valence-corrected chi connectivity index (χ3v) is 6.72. The Morgan fingerprint density at radius 2 is 1.25 bits per heavy atom. The molecular weight excluding hydrogens is 538 g/mol. The van der Waals surface area contributed by atoms with E-state index in [0.29, 0.717) is 18.4 Å². The molecule has 1 amide bonds. The van der Waals surface area contributed by atoms with Crippen LogP contribution in [0.2, 0.25) is 0 Å². The first kappa shape index (κ1) is 31.1. The summed E-state index contributed by atoms with van der Waals surface area (Å²) in [6.45, 7) is 1.42. The number of benzene rings is 3. The van der Waals surface area contributed by atoms with E-state index in [1.54, 1.807) is 36.1 Å². The topological polar surface area (TPSA) is 86.8 Å². The molecule has 0 fully saturated rings. The van der Waals surface area contributed by atoms with Crippen LogP contribution in [-0.2, 0) is 18.8 Å². The lowest BCUT2D eigenvalue weighted by molar-refractivity contribution is -0.138. The lowest BCUT2D eigenvalue weighted by Crippen LogP contribution is -2.39.